The molecule has 8 nitrogen and oxygen atoms in total. The second kappa shape index (κ2) is 7.59. The molecule has 0 aromatic heterocycles. The van der Waals surface area contributed by atoms with Crippen molar-refractivity contribution < 1.29 is 23.9 Å². The molecule has 2 heterocycles. The van der Waals surface area contributed by atoms with Gasteiger partial charge in [-0.05, 0) is 23.3 Å². The normalized spacial score (nSPS) is 17.6. The molecule has 2 aromatic carbocycles. The molecule has 1 unspecified atom stereocenters. The number of rotatable bonds is 6. The fourth-order valence-corrected chi connectivity index (χ4v) is 3.17. The molecule has 4 rings (SSSR count). The van der Waals surface area contributed by atoms with Crippen LogP contribution in [0.25, 0.3) is 0 Å². The van der Waals surface area contributed by atoms with E-state index < -0.39 is 23.9 Å². The number of nitrogens with one attached hydrogen (secondary N) is 2. The van der Waals surface area contributed by atoms with Gasteiger partial charge in [0.1, 0.15) is 12.6 Å². The predicted octanol–water partition coefficient (Wildman–Crippen LogP) is 1.19. The van der Waals surface area contributed by atoms with E-state index in [0.29, 0.717) is 17.9 Å². The molecule has 0 spiro atoms. The van der Waals surface area contributed by atoms with Crippen molar-refractivity contribution in [1.82, 2.24) is 15.5 Å². The lowest BCUT2D eigenvalue weighted by atomic mass is 10.1. The summed E-state index contributed by atoms with van der Waals surface area (Å²) in [6, 6.07) is 13.6. The van der Waals surface area contributed by atoms with Gasteiger partial charge in [0.25, 0.3) is 5.91 Å². The van der Waals surface area contributed by atoms with Crippen LogP contribution in [0.2, 0.25) is 0 Å². The topological polar surface area (TPSA) is 97.0 Å². The molecule has 8 heteroatoms. The van der Waals surface area contributed by atoms with Crippen LogP contribution < -0.4 is 20.1 Å². The molecular weight excluding hydrogens is 362 g/mol. The van der Waals surface area contributed by atoms with Crippen LogP contribution in [0, 0.1) is 0 Å². The molecule has 1 fully saturated rings. The minimum Gasteiger partial charge on any atom is -0.454 e. The Kier molecular flexibility index (Phi) is 4.84. The molecule has 1 atom stereocenters. The fraction of sp³-hybridized carbons (Fsp3) is 0.250. The average Bonchev–Trinajstić information content (AvgIpc) is 3.27. The number of ether oxygens (including phenoxy) is 2. The van der Waals surface area contributed by atoms with Crippen LogP contribution in [-0.2, 0) is 22.6 Å². The molecular formula is C20H19N3O5. The molecule has 2 aliphatic rings. The number of hydrogen-bond acceptors (Lipinski definition) is 5. The maximum atomic E-state index is 12.5. The summed E-state index contributed by atoms with van der Waals surface area (Å²) in [6.07, 6.45) is 0.390. The van der Waals surface area contributed by atoms with E-state index >= 15 is 0 Å². The third kappa shape index (κ3) is 3.75. The molecule has 2 N–H and O–H groups in total. The molecule has 144 valence electrons. The summed E-state index contributed by atoms with van der Waals surface area (Å²) >= 11 is 0. The smallest absolute Gasteiger partial charge is 0.325 e. The van der Waals surface area contributed by atoms with Crippen molar-refractivity contribution in [2.75, 3.05) is 13.3 Å². The summed E-state index contributed by atoms with van der Waals surface area (Å²) in [5, 5.41) is 5.35. The van der Waals surface area contributed by atoms with Gasteiger partial charge in [-0.25, -0.2) is 4.79 Å². The number of amides is 4. The Hall–Kier alpha value is -3.55. The van der Waals surface area contributed by atoms with Gasteiger partial charge in [-0.1, -0.05) is 36.4 Å². The number of fused-ring (bicyclic) bond motifs is 1. The summed E-state index contributed by atoms with van der Waals surface area (Å²) in [4.78, 5) is 37.8. The minimum absolute atomic E-state index is 0.182. The highest BCUT2D eigenvalue weighted by Crippen LogP contribution is 2.32. The highest BCUT2D eigenvalue weighted by Gasteiger charge is 2.38. The highest BCUT2D eigenvalue weighted by atomic mass is 16.7. The van der Waals surface area contributed by atoms with Crippen molar-refractivity contribution in [3.05, 3.63) is 59.7 Å². The Morgan fingerprint density at radius 2 is 1.86 bits per heavy atom. The molecule has 2 aromatic rings. The van der Waals surface area contributed by atoms with Gasteiger partial charge in [0, 0.05) is 13.0 Å². The molecule has 0 bridgehead atoms. The second-order valence-electron chi connectivity index (χ2n) is 6.58. The first kappa shape index (κ1) is 17.8. The number of nitrogens with zero attached hydrogens (tertiary/aromatic N) is 1. The molecule has 4 amide bonds. The quantitative estimate of drug-likeness (QED) is 0.733. The monoisotopic (exact) mass is 381 g/mol. The first-order valence-corrected chi connectivity index (χ1v) is 8.91. The zero-order chi connectivity index (χ0) is 19.5. The van der Waals surface area contributed by atoms with E-state index in [4.69, 9.17) is 9.47 Å². The maximum Gasteiger partial charge on any atom is 0.325 e. The summed E-state index contributed by atoms with van der Waals surface area (Å²) in [7, 11) is 0. The van der Waals surface area contributed by atoms with E-state index in [0.717, 1.165) is 16.0 Å². The van der Waals surface area contributed by atoms with E-state index in [1.54, 1.807) is 12.1 Å². The van der Waals surface area contributed by atoms with Crippen LogP contribution in [0.5, 0.6) is 11.5 Å². The van der Waals surface area contributed by atoms with Crippen molar-refractivity contribution in [3.63, 3.8) is 0 Å². The number of carbonyl (C=O) groups is 3. The standard InChI is InChI=1S/C20H19N3O5/c24-18(21-10-14-6-7-16-17(9-14)28-12-27-16)11-23-19(25)15(22-20(23)26)8-13-4-2-1-3-5-13/h1-7,9,15H,8,10-12H2,(H,21,24)(H,22,26). The van der Waals surface area contributed by atoms with E-state index in [-0.39, 0.29) is 19.9 Å². The number of benzene rings is 2. The van der Waals surface area contributed by atoms with Gasteiger partial charge in [0.15, 0.2) is 11.5 Å². The van der Waals surface area contributed by atoms with E-state index in [2.05, 4.69) is 10.6 Å². The average molecular weight is 381 g/mol. The minimum atomic E-state index is -0.656. The van der Waals surface area contributed by atoms with E-state index in [1.165, 1.54) is 0 Å². The van der Waals surface area contributed by atoms with Crippen LogP contribution in [-0.4, -0.2) is 42.1 Å². The second-order valence-corrected chi connectivity index (χ2v) is 6.58. The third-order valence-corrected chi connectivity index (χ3v) is 4.62. The zero-order valence-corrected chi connectivity index (χ0v) is 15.0. The fourth-order valence-electron chi connectivity index (χ4n) is 3.17. The van der Waals surface area contributed by atoms with Crippen molar-refractivity contribution in [1.29, 1.82) is 0 Å². The van der Waals surface area contributed by atoms with E-state index in [1.807, 2.05) is 36.4 Å². The van der Waals surface area contributed by atoms with Crippen LogP contribution in [0.1, 0.15) is 11.1 Å². The van der Waals surface area contributed by atoms with Crippen molar-refractivity contribution in [3.8, 4) is 11.5 Å². The lowest BCUT2D eigenvalue weighted by Crippen LogP contribution is -2.41. The van der Waals surface area contributed by atoms with Crippen LogP contribution >= 0.6 is 0 Å². The van der Waals surface area contributed by atoms with Crippen molar-refractivity contribution in [2.45, 2.75) is 19.0 Å². The number of carbonyl (C=O) groups excluding carboxylic acids is 3. The number of urea groups is 1. The molecule has 0 saturated carbocycles. The Labute approximate surface area is 161 Å². The van der Waals surface area contributed by atoms with Crippen LogP contribution in [0.15, 0.2) is 48.5 Å². The summed E-state index contributed by atoms with van der Waals surface area (Å²) < 4.78 is 10.5. The van der Waals surface area contributed by atoms with E-state index in [9.17, 15) is 14.4 Å². The Balaban J connectivity index is 1.31. The molecule has 0 radical (unpaired) electrons. The zero-order valence-electron chi connectivity index (χ0n) is 15.0. The summed E-state index contributed by atoms with van der Waals surface area (Å²) in [6.45, 7) is 0.120. The number of imide groups is 1. The van der Waals surface area contributed by atoms with Gasteiger partial charge in [-0.3, -0.25) is 14.5 Å². The highest BCUT2D eigenvalue weighted by molar-refractivity contribution is 6.06. The van der Waals surface area contributed by atoms with Gasteiger partial charge in [0.05, 0.1) is 0 Å². The third-order valence-electron chi connectivity index (χ3n) is 4.62. The largest absolute Gasteiger partial charge is 0.454 e. The predicted molar refractivity (Wildman–Crippen MR) is 98.6 cm³/mol. The SMILES string of the molecule is O=C(CN1C(=O)NC(Cc2ccccc2)C1=O)NCc1ccc2c(c1)OCO2. The van der Waals surface area contributed by atoms with Gasteiger partial charge < -0.3 is 20.1 Å². The van der Waals surface area contributed by atoms with Crippen molar-refractivity contribution in [2.24, 2.45) is 0 Å². The van der Waals surface area contributed by atoms with Gasteiger partial charge >= 0.3 is 6.03 Å². The maximum absolute atomic E-state index is 12.5. The Morgan fingerprint density at radius 3 is 2.68 bits per heavy atom. The van der Waals surface area contributed by atoms with Crippen LogP contribution in [0.4, 0.5) is 4.79 Å². The van der Waals surface area contributed by atoms with Crippen LogP contribution in [0.3, 0.4) is 0 Å². The summed E-state index contributed by atoms with van der Waals surface area (Å²) in [5.74, 6) is 0.483. The molecule has 0 aliphatic carbocycles. The molecule has 1 saturated heterocycles. The van der Waals surface area contributed by atoms with Gasteiger partial charge in [-0.2, -0.15) is 0 Å². The van der Waals surface area contributed by atoms with Gasteiger partial charge in [-0.15, -0.1) is 0 Å². The number of hydrogen-bond donors (Lipinski definition) is 2. The first-order chi connectivity index (χ1) is 13.6. The lowest BCUT2D eigenvalue weighted by molar-refractivity contribution is -0.132. The lowest BCUT2D eigenvalue weighted by Gasteiger charge is -2.13. The Bertz CT molecular complexity index is 915. The van der Waals surface area contributed by atoms with Gasteiger partial charge in [0.2, 0.25) is 12.7 Å². The first-order valence-electron chi connectivity index (χ1n) is 8.91. The summed E-state index contributed by atoms with van der Waals surface area (Å²) in [5.41, 5.74) is 1.77. The molecule has 28 heavy (non-hydrogen) atoms. The van der Waals surface area contributed by atoms with Crippen molar-refractivity contribution >= 4 is 17.8 Å². The molecule has 2 aliphatic heterocycles. The Morgan fingerprint density at radius 1 is 1.07 bits per heavy atom.